The van der Waals surface area contributed by atoms with Crippen molar-refractivity contribution in [1.29, 1.82) is 5.26 Å². The monoisotopic (exact) mass is 396 g/mol. The Kier molecular flexibility index (Phi) is 5.01. The third kappa shape index (κ3) is 3.10. The molecule has 0 fully saturated rings. The molecule has 2 aromatic heterocycles. The molecule has 3 aromatic rings. The fourth-order valence-corrected chi connectivity index (χ4v) is 4.10. The lowest BCUT2D eigenvalue weighted by molar-refractivity contribution is 0.415. The lowest BCUT2D eigenvalue weighted by Crippen LogP contribution is -1.97. The lowest BCUT2D eigenvalue weighted by atomic mass is 10.2. The number of pyridine rings is 1. The highest BCUT2D eigenvalue weighted by Gasteiger charge is 2.16. The van der Waals surface area contributed by atoms with E-state index in [0.717, 1.165) is 9.04 Å². The van der Waals surface area contributed by atoms with E-state index in [4.69, 9.17) is 27.9 Å². The summed E-state index contributed by atoms with van der Waals surface area (Å²) in [5.74, 6) is 0.487. The van der Waals surface area contributed by atoms with Gasteiger partial charge in [-0.05, 0) is 12.3 Å². The summed E-state index contributed by atoms with van der Waals surface area (Å²) in [4.78, 5) is 8.66. The van der Waals surface area contributed by atoms with Crippen LogP contribution in [-0.4, -0.2) is 23.3 Å². The van der Waals surface area contributed by atoms with E-state index in [1.807, 2.05) is 6.26 Å². The topological polar surface area (TPSA) is 70.8 Å². The first kappa shape index (κ1) is 17.1. The predicted octanol–water partition coefficient (Wildman–Crippen LogP) is 5.34. The van der Waals surface area contributed by atoms with Gasteiger partial charge in [-0.1, -0.05) is 35.0 Å². The van der Waals surface area contributed by atoms with Gasteiger partial charge in [-0.3, -0.25) is 0 Å². The van der Waals surface area contributed by atoms with Gasteiger partial charge in [-0.25, -0.2) is 9.97 Å². The smallest absolute Gasteiger partial charge is 0.173 e. The molecule has 0 atom stereocenters. The number of thioether (sulfide) groups is 1. The van der Waals surface area contributed by atoms with Gasteiger partial charge in [0.2, 0.25) is 0 Å². The van der Waals surface area contributed by atoms with Gasteiger partial charge in [0.25, 0.3) is 0 Å². The van der Waals surface area contributed by atoms with Crippen molar-refractivity contribution in [2.45, 2.75) is 4.34 Å². The van der Waals surface area contributed by atoms with Crippen LogP contribution >= 0.6 is 46.3 Å². The van der Waals surface area contributed by atoms with E-state index < -0.39 is 0 Å². The molecule has 0 unspecified atom stereocenters. The van der Waals surface area contributed by atoms with Gasteiger partial charge in [-0.15, -0.1) is 11.3 Å². The molecular formula is C15H10Cl2N4OS2. The van der Waals surface area contributed by atoms with Crippen molar-refractivity contribution < 1.29 is 4.74 Å². The number of nitriles is 1. The predicted molar refractivity (Wildman–Crippen MR) is 100 cm³/mol. The van der Waals surface area contributed by atoms with Gasteiger partial charge in [0.1, 0.15) is 11.8 Å². The summed E-state index contributed by atoms with van der Waals surface area (Å²) in [5, 5.41) is 13.4. The summed E-state index contributed by atoms with van der Waals surface area (Å²) < 4.78 is 6.89. The zero-order valence-corrected chi connectivity index (χ0v) is 15.7. The van der Waals surface area contributed by atoms with Gasteiger partial charge < -0.3 is 10.1 Å². The molecule has 0 aliphatic heterocycles. The van der Waals surface area contributed by atoms with E-state index in [1.165, 1.54) is 36.4 Å². The summed E-state index contributed by atoms with van der Waals surface area (Å²) >= 11 is 15.3. The number of benzene rings is 1. The summed E-state index contributed by atoms with van der Waals surface area (Å²) in [6.45, 7) is 0. The molecule has 9 heteroatoms. The van der Waals surface area contributed by atoms with E-state index in [9.17, 15) is 5.26 Å². The number of ether oxygens (including phenoxy) is 1. The van der Waals surface area contributed by atoms with Crippen molar-refractivity contribution in [3.63, 3.8) is 0 Å². The molecule has 0 saturated carbocycles. The van der Waals surface area contributed by atoms with Crippen molar-refractivity contribution in [3.05, 3.63) is 33.9 Å². The molecule has 0 aliphatic carbocycles. The molecule has 1 aromatic carbocycles. The normalized spacial score (nSPS) is 10.6. The number of aromatic nitrogens is 2. The van der Waals surface area contributed by atoms with Crippen LogP contribution in [0.3, 0.4) is 0 Å². The van der Waals surface area contributed by atoms with Crippen LogP contribution in [0.2, 0.25) is 10.0 Å². The molecule has 0 aliphatic rings. The Morgan fingerprint density at radius 3 is 2.79 bits per heavy atom. The van der Waals surface area contributed by atoms with Crippen molar-refractivity contribution in [3.8, 4) is 11.8 Å². The van der Waals surface area contributed by atoms with Gasteiger partial charge in [0.15, 0.2) is 9.99 Å². The number of nitrogens with one attached hydrogen (secondary N) is 1. The number of fused-ring (bicyclic) bond motifs is 1. The minimum Gasteiger partial charge on any atom is -0.495 e. The van der Waals surface area contributed by atoms with E-state index in [-0.39, 0.29) is 0 Å². The van der Waals surface area contributed by atoms with E-state index >= 15 is 0 Å². The van der Waals surface area contributed by atoms with Crippen molar-refractivity contribution >= 4 is 68.0 Å². The Hall–Kier alpha value is -1.72. The second kappa shape index (κ2) is 7.03. The first-order valence-corrected chi connectivity index (χ1v) is 9.40. The van der Waals surface area contributed by atoms with Crippen LogP contribution < -0.4 is 10.1 Å². The van der Waals surface area contributed by atoms with Gasteiger partial charge in [0.05, 0.1) is 38.8 Å². The Morgan fingerprint density at radius 1 is 1.33 bits per heavy atom. The first-order valence-electron chi connectivity index (χ1n) is 6.61. The Bertz CT molecular complexity index is 968. The molecule has 5 nitrogen and oxygen atoms in total. The Labute approximate surface area is 156 Å². The first-order chi connectivity index (χ1) is 11.6. The number of rotatable bonds is 4. The number of thiazole rings is 1. The van der Waals surface area contributed by atoms with Crippen molar-refractivity contribution in [1.82, 2.24) is 9.97 Å². The van der Waals surface area contributed by atoms with E-state index in [1.54, 1.807) is 12.1 Å². The molecule has 2 heterocycles. The van der Waals surface area contributed by atoms with E-state index in [2.05, 4.69) is 21.4 Å². The summed E-state index contributed by atoms with van der Waals surface area (Å²) in [6, 6.07) is 5.42. The number of halogens is 2. The minimum absolute atomic E-state index is 0.406. The maximum atomic E-state index is 9.40. The fraction of sp³-hybridized carbons (Fsp3) is 0.133. The van der Waals surface area contributed by atoms with Crippen LogP contribution in [-0.2, 0) is 0 Å². The lowest BCUT2D eigenvalue weighted by Gasteiger charge is -2.13. The number of hydrogen-bond donors (Lipinski definition) is 1. The molecule has 0 bridgehead atoms. The van der Waals surface area contributed by atoms with Crippen LogP contribution in [0.1, 0.15) is 5.56 Å². The third-order valence-electron chi connectivity index (χ3n) is 3.20. The zero-order chi connectivity index (χ0) is 17.3. The molecule has 24 heavy (non-hydrogen) atoms. The number of methoxy groups -OCH3 is 1. The highest BCUT2D eigenvalue weighted by molar-refractivity contribution is 8.00. The van der Waals surface area contributed by atoms with E-state index in [0.29, 0.717) is 38.4 Å². The maximum Gasteiger partial charge on any atom is 0.173 e. The summed E-state index contributed by atoms with van der Waals surface area (Å²) in [6.07, 6.45) is 3.44. The van der Waals surface area contributed by atoms with Crippen molar-refractivity contribution in [2.75, 3.05) is 18.7 Å². The maximum absolute atomic E-state index is 9.40. The number of anilines is 2. The third-order valence-corrected chi connectivity index (χ3v) is 5.85. The minimum atomic E-state index is 0.406. The van der Waals surface area contributed by atoms with Crippen LogP contribution in [0.5, 0.6) is 5.75 Å². The van der Waals surface area contributed by atoms with Crippen LogP contribution in [0, 0.1) is 11.3 Å². The highest BCUT2D eigenvalue weighted by Crippen LogP contribution is 2.39. The molecule has 122 valence electrons. The molecular weight excluding hydrogens is 387 g/mol. The summed E-state index contributed by atoms with van der Waals surface area (Å²) in [7, 11) is 1.53. The zero-order valence-electron chi connectivity index (χ0n) is 12.6. The van der Waals surface area contributed by atoms with Crippen molar-refractivity contribution in [2.24, 2.45) is 0 Å². The largest absolute Gasteiger partial charge is 0.495 e. The Balaban J connectivity index is 2.16. The van der Waals surface area contributed by atoms with Gasteiger partial charge in [0, 0.05) is 12.3 Å². The number of nitrogens with zero attached hydrogens (tertiary/aromatic N) is 3. The fourth-order valence-electron chi connectivity index (χ4n) is 2.07. The Morgan fingerprint density at radius 2 is 2.12 bits per heavy atom. The van der Waals surface area contributed by atoms with Crippen LogP contribution in [0.25, 0.3) is 10.3 Å². The molecule has 0 spiro atoms. The molecule has 0 amide bonds. The number of hydrogen-bond acceptors (Lipinski definition) is 7. The molecule has 0 radical (unpaired) electrons. The average molecular weight is 397 g/mol. The second-order valence-corrected chi connectivity index (χ2v) is 7.45. The quantitative estimate of drug-likeness (QED) is 0.599. The summed E-state index contributed by atoms with van der Waals surface area (Å²) in [5.41, 5.74) is 2.19. The molecule has 3 rings (SSSR count). The van der Waals surface area contributed by atoms with Crippen LogP contribution in [0.4, 0.5) is 11.4 Å². The second-order valence-electron chi connectivity index (χ2n) is 4.59. The standard InChI is InChI=1S/C15H10Cl2N4OS2/c1-22-11-4-10(8(16)3-9(11)17)20-12-7(5-18)6-19-14-13(12)24-15(21-14)23-2/h3-4,6H,1-2H3,(H,19,20). The van der Waals surface area contributed by atoms with Gasteiger partial charge >= 0.3 is 0 Å². The average Bonchev–Trinajstić information content (AvgIpc) is 3.01. The molecule has 0 saturated heterocycles. The van der Waals surface area contributed by atoms with Crippen LogP contribution in [0.15, 0.2) is 22.7 Å². The highest BCUT2D eigenvalue weighted by atomic mass is 35.5. The molecule has 1 N–H and O–H groups in total. The SMILES string of the molecule is COc1cc(Nc2c(C#N)cnc3nc(SC)sc23)c(Cl)cc1Cl. The van der Waals surface area contributed by atoms with Gasteiger partial charge in [-0.2, -0.15) is 5.26 Å².